The first-order valence-electron chi connectivity index (χ1n) is 6.00. The summed E-state index contributed by atoms with van der Waals surface area (Å²) in [5.41, 5.74) is -0.972. The molecule has 0 aromatic carbocycles. The van der Waals surface area contributed by atoms with Crippen molar-refractivity contribution in [3.05, 3.63) is 22.8 Å². The standard InChI is InChI=1S/C12H11ClF3N3O2/c1-19-9(20)3-2-8(11(19)21)18-10-7(13)4-6(5-17-10)12(14,15)16/h4-5,8H,2-3H2,1H3,(H,17,18). The molecule has 0 spiro atoms. The maximum absolute atomic E-state index is 12.5. The van der Waals surface area contributed by atoms with Crippen LogP contribution in [0.25, 0.3) is 0 Å². The van der Waals surface area contributed by atoms with E-state index in [0.29, 0.717) is 6.20 Å². The lowest BCUT2D eigenvalue weighted by molar-refractivity contribution is -0.147. The van der Waals surface area contributed by atoms with Crippen LogP contribution in [0.1, 0.15) is 18.4 Å². The Balaban J connectivity index is 2.17. The van der Waals surface area contributed by atoms with Gasteiger partial charge >= 0.3 is 6.18 Å². The molecule has 1 aliphatic rings. The number of likely N-dealkylation sites (tertiary alicyclic amines) is 1. The number of imide groups is 1. The van der Waals surface area contributed by atoms with Gasteiger partial charge in [-0.05, 0) is 12.5 Å². The molecule has 2 rings (SSSR count). The van der Waals surface area contributed by atoms with E-state index < -0.39 is 23.7 Å². The molecule has 1 fully saturated rings. The topological polar surface area (TPSA) is 62.3 Å². The van der Waals surface area contributed by atoms with Gasteiger partial charge in [0.15, 0.2) is 0 Å². The molecule has 1 atom stereocenters. The fourth-order valence-electron chi connectivity index (χ4n) is 1.91. The summed E-state index contributed by atoms with van der Waals surface area (Å²) < 4.78 is 37.5. The molecule has 21 heavy (non-hydrogen) atoms. The number of hydrogen-bond acceptors (Lipinski definition) is 4. The molecular formula is C12H11ClF3N3O2. The molecule has 2 heterocycles. The van der Waals surface area contributed by atoms with E-state index in [0.717, 1.165) is 11.0 Å². The zero-order valence-electron chi connectivity index (χ0n) is 10.9. The Morgan fingerprint density at radius 2 is 2.10 bits per heavy atom. The van der Waals surface area contributed by atoms with E-state index in [4.69, 9.17) is 11.6 Å². The third-order valence-electron chi connectivity index (χ3n) is 3.13. The van der Waals surface area contributed by atoms with Crippen molar-refractivity contribution < 1.29 is 22.8 Å². The van der Waals surface area contributed by atoms with E-state index in [2.05, 4.69) is 10.3 Å². The van der Waals surface area contributed by atoms with Gasteiger partial charge in [0.05, 0.1) is 10.6 Å². The van der Waals surface area contributed by atoms with Crippen molar-refractivity contribution >= 4 is 29.2 Å². The highest BCUT2D eigenvalue weighted by molar-refractivity contribution is 6.33. The number of piperidine rings is 1. The summed E-state index contributed by atoms with van der Waals surface area (Å²) in [4.78, 5) is 27.8. The molecule has 1 saturated heterocycles. The van der Waals surface area contributed by atoms with Crippen LogP contribution in [-0.4, -0.2) is 34.8 Å². The SMILES string of the molecule is CN1C(=O)CCC(Nc2ncc(C(F)(F)F)cc2Cl)C1=O. The molecule has 9 heteroatoms. The van der Waals surface area contributed by atoms with Gasteiger partial charge in [-0.25, -0.2) is 4.98 Å². The van der Waals surface area contributed by atoms with Gasteiger partial charge < -0.3 is 5.32 Å². The lowest BCUT2D eigenvalue weighted by Crippen LogP contribution is -2.48. The fraction of sp³-hybridized carbons (Fsp3) is 0.417. The molecule has 114 valence electrons. The van der Waals surface area contributed by atoms with Gasteiger partial charge in [-0.2, -0.15) is 13.2 Å². The van der Waals surface area contributed by atoms with Crippen LogP contribution in [0.4, 0.5) is 19.0 Å². The largest absolute Gasteiger partial charge is 0.417 e. The first-order chi connectivity index (χ1) is 9.70. The van der Waals surface area contributed by atoms with Crippen molar-refractivity contribution in [2.75, 3.05) is 12.4 Å². The number of halogens is 4. The summed E-state index contributed by atoms with van der Waals surface area (Å²) >= 11 is 5.75. The highest BCUT2D eigenvalue weighted by Gasteiger charge is 2.34. The number of rotatable bonds is 2. The number of pyridine rings is 1. The first-order valence-corrected chi connectivity index (χ1v) is 6.37. The normalized spacial score (nSPS) is 19.9. The van der Waals surface area contributed by atoms with E-state index in [1.54, 1.807) is 0 Å². The van der Waals surface area contributed by atoms with E-state index in [9.17, 15) is 22.8 Å². The van der Waals surface area contributed by atoms with E-state index >= 15 is 0 Å². The molecule has 5 nitrogen and oxygen atoms in total. The van der Waals surface area contributed by atoms with Crippen molar-refractivity contribution in [3.8, 4) is 0 Å². The van der Waals surface area contributed by atoms with Gasteiger partial charge in [0, 0.05) is 19.7 Å². The molecule has 1 aliphatic heterocycles. The number of anilines is 1. The number of alkyl halides is 3. The van der Waals surface area contributed by atoms with Gasteiger partial charge in [-0.15, -0.1) is 0 Å². The smallest absolute Gasteiger partial charge is 0.357 e. The number of nitrogens with zero attached hydrogens (tertiary/aromatic N) is 2. The summed E-state index contributed by atoms with van der Waals surface area (Å²) in [6, 6.07) is -0.00609. The second-order valence-electron chi connectivity index (χ2n) is 4.58. The van der Waals surface area contributed by atoms with Gasteiger partial charge in [0.1, 0.15) is 11.9 Å². The molecule has 0 radical (unpaired) electrons. The Bertz CT molecular complexity index is 592. The molecule has 0 aliphatic carbocycles. The molecule has 0 bridgehead atoms. The Morgan fingerprint density at radius 3 is 2.67 bits per heavy atom. The lowest BCUT2D eigenvalue weighted by Gasteiger charge is -2.28. The molecule has 2 amide bonds. The number of amides is 2. The van der Waals surface area contributed by atoms with E-state index in [1.165, 1.54) is 7.05 Å². The van der Waals surface area contributed by atoms with Crippen LogP contribution in [0.5, 0.6) is 0 Å². The second kappa shape index (κ2) is 5.51. The summed E-state index contributed by atoms with van der Waals surface area (Å²) in [6.45, 7) is 0. The Labute approximate surface area is 123 Å². The van der Waals surface area contributed by atoms with Crippen LogP contribution in [0.2, 0.25) is 5.02 Å². The molecule has 1 unspecified atom stereocenters. The Morgan fingerprint density at radius 1 is 1.43 bits per heavy atom. The maximum Gasteiger partial charge on any atom is 0.417 e. The highest BCUT2D eigenvalue weighted by Crippen LogP contribution is 2.32. The number of aromatic nitrogens is 1. The van der Waals surface area contributed by atoms with Crippen LogP contribution in [0, 0.1) is 0 Å². The highest BCUT2D eigenvalue weighted by atomic mass is 35.5. The number of hydrogen-bond donors (Lipinski definition) is 1. The third kappa shape index (κ3) is 3.26. The predicted molar refractivity (Wildman–Crippen MR) is 68.7 cm³/mol. The zero-order chi connectivity index (χ0) is 15.8. The zero-order valence-corrected chi connectivity index (χ0v) is 11.6. The van der Waals surface area contributed by atoms with Gasteiger partial charge in [-0.3, -0.25) is 14.5 Å². The van der Waals surface area contributed by atoms with Crippen molar-refractivity contribution in [1.29, 1.82) is 0 Å². The van der Waals surface area contributed by atoms with E-state index in [1.807, 2.05) is 0 Å². The monoisotopic (exact) mass is 321 g/mol. The average Bonchev–Trinajstić information content (AvgIpc) is 2.40. The quantitative estimate of drug-likeness (QED) is 0.849. The van der Waals surface area contributed by atoms with Gasteiger partial charge in [-0.1, -0.05) is 11.6 Å². The summed E-state index contributed by atoms with van der Waals surface area (Å²) in [5.74, 6) is -0.792. The molecule has 1 aromatic heterocycles. The van der Waals surface area contributed by atoms with Crippen LogP contribution >= 0.6 is 11.6 Å². The Hall–Kier alpha value is -1.83. The third-order valence-corrected chi connectivity index (χ3v) is 3.42. The lowest BCUT2D eigenvalue weighted by atomic mass is 10.0. The number of carbonyl (C=O) groups is 2. The minimum atomic E-state index is -4.54. The minimum absolute atomic E-state index is 0.0224. The first kappa shape index (κ1) is 15.6. The molecule has 0 saturated carbocycles. The van der Waals surface area contributed by atoms with Crippen LogP contribution in [0.15, 0.2) is 12.3 Å². The molecular weight excluding hydrogens is 311 g/mol. The number of nitrogens with one attached hydrogen (secondary N) is 1. The molecule has 1 N–H and O–H groups in total. The van der Waals surface area contributed by atoms with Crippen molar-refractivity contribution in [3.63, 3.8) is 0 Å². The van der Waals surface area contributed by atoms with Crippen molar-refractivity contribution in [2.24, 2.45) is 0 Å². The second-order valence-corrected chi connectivity index (χ2v) is 4.99. The van der Waals surface area contributed by atoms with Crippen LogP contribution < -0.4 is 5.32 Å². The number of carbonyl (C=O) groups excluding carboxylic acids is 2. The maximum atomic E-state index is 12.5. The van der Waals surface area contributed by atoms with Crippen LogP contribution in [0.3, 0.4) is 0 Å². The molecule has 1 aromatic rings. The summed E-state index contributed by atoms with van der Waals surface area (Å²) in [6.07, 6.45) is -3.50. The summed E-state index contributed by atoms with van der Waals surface area (Å²) in [7, 11) is 1.35. The van der Waals surface area contributed by atoms with E-state index in [-0.39, 0.29) is 29.6 Å². The summed E-state index contributed by atoms with van der Waals surface area (Å²) in [5, 5.41) is 2.44. The van der Waals surface area contributed by atoms with Crippen molar-refractivity contribution in [2.45, 2.75) is 25.1 Å². The van der Waals surface area contributed by atoms with Crippen molar-refractivity contribution in [1.82, 2.24) is 9.88 Å². The predicted octanol–water partition coefficient (Wildman–Crippen LogP) is 2.31. The average molecular weight is 322 g/mol. The van der Waals surface area contributed by atoms with Gasteiger partial charge in [0.2, 0.25) is 5.91 Å². The Kier molecular flexibility index (Phi) is 4.08. The fourth-order valence-corrected chi connectivity index (χ4v) is 2.13. The minimum Gasteiger partial charge on any atom is -0.357 e. The van der Waals surface area contributed by atoms with Gasteiger partial charge in [0.25, 0.3) is 5.91 Å². The number of likely N-dealkylation sites (N-methyl/N-ethyl adjacent to an activating group) is 1. The van der Waals surface area contributed by atoms with Crippen LogP contribution in [-0.2, 0) is 15.8 Å².